The van der Waals surface area contributed by atoms with Gasteiger partial charge in [-0.1, -0.05) is 18.2 Å². The molecule has 0 bridgehead atoms. The van der Waals surface area contributed by atoms with Gasteiger partial charge in [0.05, 0.1) is 23.3 Å². The number of likely N-dealkylation sites (N-methyl/N-ethyl adjacent to an activating group) is 1. The summed E-state index contributed by atoms with van der Waals surface area (Å²) in [5.41, 5.74) is 10.9. The van der Waals surface area contributed by atoms with E-state index in [0.717, 1.165) is 22.2 Å². The summed E-state index contributed by atoms with van der Waals surface area (Å²) in [6, 6.07) is 12.2. The fourth-order valence-corrected chi connectivity index (χ4v) is 3.39. The van der Waals surface area contributed by atoms with E-state index in [0.29, 0.717) is 36.6 Å². The van der Waals surface area contributed by atoms with E-state index < -0.39 is 0 Å². The molecule has 4 rings (SSSR count). The molecule has 0 atom stereocenters. The number of rotatable bonds is 4. The van der Waals surface area contributed by atoms with Gasteiger partial charge in [-0.05, 0) is 36.9 Å². The second kappa shape index (κ2) is 6.85. The Balaban J connectivity index is 1.74. The highest BCUT2D eigenvalue weighted by Gasteiger charge is 2.23. The van der Waals surface area contributed by atoms with Crippen LogP contribution in [-0.4, -0.2) is 40.7 Å². The highest BCUT2D eigenvalue weighted by Crippen LogP contribution is 2.21. The third kappa shape index (κ3) is 3.41. The predicted octanol–water partition coefficient (Wildman–Crippen LogP) is 2.14. The largest absolute Gasteiger partial charge is 0.401 e. The minimum atomic E-state index is -0.323. The molecule has 0 saturated carbocycles. The number of aromatic amines is 2. The van der Waals surface area contributed by atoms with E-state index in [1.807, 2.05) is 25.2 Å². The van der Waals surface area contributed by atoms with E-state index >= 15 is 0 Å². The van der Waals surface area contributed by atoms with Crippen LogP contribution in [0.2, 0.25) is 0 Å². The van der Waals surface area contributed by atoms with Crippen LogP contribution in [0.25, 0.3) is 11.0 Å². The van der Waals surface area contributed by atoms with E-state index in [4.69, 9.17) is 10.7 Å². The summed E-state index contributed by atoms with van der Waals surface area (Å²) in [6.07, 6.45) is 0. The summed E-state index contributed by atoms with van der Waals surface area (Å²) in [4.78, 5) is 23.7. The van der Waals surface area contributed by atoms with E-state index in [2.05, 4.69) is 14.9 Å². The van der Waals surface area contributed by atoms with Gasteiger partial charge in [0.25, 0.3) is 0 Å². The molecule has 138 valence electrons. The number of aliphatic imine (C=N–C) groups is 1. The molecule has 2 heterocycles. The van der Waals surface area contributed by atoms with Crippen molar-refractivity contribution in [3.8, 4) is 0 Å². The van der Waals surface area contributed by atoms with E-state index in [9.17, 15) is 9.18 Å². The summed E-state index contributed by atoms with van der Waals surface area (Å²) in [5.74, 6) is -0.323. The minimum Gasteiger partial charge on any atom is -0.401 e. The molecular weight excluding hydrogens is 345 g/mol. The van der Waals surface area contributed by atoms with Crippen molar-refractivity contribution in [3.63, 3.8) is 0 Å². The van der Waals surface area contributed by atoms with Gasteiger partial charge in [-0.25, -0.2) is 9.18 Å². The van der Waals surface area contributed by atoms with Crippen molar-refractivity contribution < 1.29 is 4.39 Å². The monoisotopic (exact) mass is 365 g/mol. The van der Waals surface area contributed by atoms with Crippen LogP contribution in [0, 0.1) is 5.82 Å². The molecule has 0 fully saturated rings. The first kappa shape index (κ1) is 17.2. The number of hydrogen-bond donors (Lipinski definition) is 3. The third-order valence-electron chi connectivity index (χ3n) is 4.67. The molecule has 7 heteroatoms. The Morgan fingerprint density at radius 1 is 1.19 bits per heavy atom. The number of imidazole rings is 1. The van der Waals surface area contributed by atoms with Gasteiger partial charge in [-0.2, -0.15) is 0 Å². The standard InChI is InChI=1S/C20H20FN5O/c1-26-10-14(16(22)11-26)19(13-4-2-3-5-15(13)21)23-9-12-6-7-17-18(8-12)25-20(27)24-17/h2-8H,9-11,22H2,1H3,(H2,24,25,27). The molecule has 0 spiro atoms. The number of nitrogens with two attached hydrogens (primary N) is 1. The van der Waals surface area contributed by atoms with Gasteiger partial charge >= 0.3 is 5.69 Å². The highest BCUT2D eigenvalue weighted by atomic mass is 19.1. The van der Waals surface area contributed by atoms with Crippen LogP contribution in [0.15, 0.2) is 63.5 Å². The van der Waals surface area contributed by atoms with Gasteiger partial charge < -0.3 is 15.7 Å². The molecule has 2 aromatic carbocycles. The van der Waals surface area contributed by atoms with Crippen molar-refractivity contribution in [2.75, 3.05) is 20.1 Å². The molecule has 0 amide bonds. The fraction of sp³-hybridized carbons (Fsp3) is 0.200. The Labute approximate surface area is 155 Å². The highest BCUT2D eigenvalue weighted by molar-refractivity contribution is 6.13. The van der Waals surface area contributed by atoms with Gasteiger partial charge in [-0.15, -0.1) is 0 Å². The molecular formula is C20H20FN5O. The maximum atomic E-state index is 14.5. The van der Waals surface area contributed by atoms with Crippen LogP contribution < -0.4 is 11.4 Å². The lowest BCUT2D eigenvalue weighted by molar-refractivity contribution is 0.426. The minimum absolute atomic E-state index is 0.246. The summed E-state index contributed by atoms with van der Waals surface area (Å²) in [5, 5.41) is 0. The molecule has 3 aromatic rings. The van der Waals surface area contributed by atoms with Crippen molar-refractivity contribution in [2.45, 2.75) is 6.54 Å². The molecule has 1 aromatic heterocycles. The summed E-state index contributed by atoms with van der Waals surface area (Å²) in [7, 11) is 1.97. The van der Waals surface area contributed by atoms with Crippen molar-refractivity contribution in [1.82, 2.24) is 14.9 Å². The first-order chi connectivity index (χ1) is 13.0. The first-order valence-corrected chi connectivity index (χ1v) is 8.68. The SMILES string of the molecule is CN1CC(N)=C(C(=NCc2ccc3[nH]c(=O)[nH]c3c2)c2ccccc2F)C1. The number of aromatic nitrogens is 2. The summed E-state index contributed by atoms with van der Waals surface area (Å²) < 4.78 is 14.5. The lowest BCUT2D eigenvalue weighted by Gasteiger charge is -2.12. The maximum Gasteiger partial charge on any atom is 0.323 e. The lowest BCUT2D eigenvalue weighted by Crippen LogP contribution is -2.18. The predicted molar refractivity (Wildman–Crippen MR) is 104 cm³/mol. The van der Waals surface area contributed by atoms with E-state index in [1.165, 1.54) is 6.07 Å². The average Bonchev–Trinajstić information content (AvgIpc) is 3.16. The van der Waals surface area contributed by atoms with Crippen LogP contribution in [0.4, 0.5) is 4.39 Å². The number of benzene rings is 2. The molecule has 4 N–H and O–H groups in total. The van der Waals surface area contributed by atoms with Crippen molar-refractivity contribution >= 4 is 16.7 Å². The third-order valence-corrected chi connectivity index (χ3v) is 4.67. The van der Waals surface area contributed by atoms with Gasteiger partial charge in [0.1, 0.15) is 5.82 Å². The topological polar surface area (TPSA) is 90.3 Å². The number of halogens is 1. The van der Waals surface area contributed by atoms with Crippen LogP contribution >= 0.6 is 0 Å². The van der Waals surface area contributed by atoms with Crippen LogP contribution in [0.5, 0.6) is 0 Å². The molecule has 0 radical (unpaired) electrons. The number of nitrogens with zero attached hydrogens (tertiary/aromatic N) is 2. The fourth-order valence-electron chi connectivity index (χ4n) is 3.39. The summed E-state index contributed by atoms with van der Waals surface area (Å²) >= 11 is 0. The lowest BCUT2D eigenvalue weighted by atomic mass is 10.0. The van der Waals surface area contributed by atoms with E-state index in [-0.39, 0.29) is 11.5 Å². The van der Waals surface area contributed by atoms with Crippen molar-refractivity contribution in [1.29, 1.82) is 0 Å². The Kier molecular flexibility index (Phi) is 4.37. The Hall–Kier alpha value is -3.19. The Morgan fingerprint density at radius 2 is 1.96 bits per heavy atom. The van der Waals surface area contributed by atoms with Crippen LogP contribution in [-0.2, 0) is 6.54 Å². The normalized spacial score (nSPS) is 15.9. The van der Waals surface area contributed by atoms with E-state index in [1.54, 1.807) is 18.2 Å². The Morgan fingerprint density at radius 3 is 2.70 bits per heavy atom. The van der Waals surface area contributed by atoms with Gasteiger partial charge in [-0.3, -0.25) is 9.89 Å². The second-order valence-electron chi connectivity index (χ2n) is 6.78. The second-order valence-corrected chi connectivity index (χ2v) is 6.78. The Bertz CT molecular complexity index is 1120. The number of H-pyrrole nitrogens is 2. The maximum absolute atomic E-state index is 14.5. The van der Waals surface area contributed by atoms with Crippen molar-refractivity contribution in [2.24, 2.45) is 10.7 Å². The zero-order valence-corrected chi connectivity index (χ0v) is 14.9. The van der Waals surface area contributed by atoms with Crippen LogP contribution in [0.3, 0.4) is 0 Å². The smallest absolute Gasteiger partial charge is 0.323 e. The molecule has 0 saturated heterocycles. The summed E-state index contributed by atoms with van der Waals surface area (Å²) in [6.45, 7) is 1.62. The van der Waals surface area contributed by atoms with Gasteiger partial charge in [0.2, 0.25) is 0 Å². The zero-order chi connectivity index (χ0) is 19.0. The van der Waals surface area contributed by atoms with Gasteiger partial charge in [0, 0.05) is 29.9 Å². The molecule has 1 aliphatic rings. The van der Waals surface area contributed by atoms with Gasteiger partial charge in [0.15, 0.2) is 0 Å². The molecule has 0 aliphatic carbocycles. The zero-order valence-electron chi connectivity index (χ0n) is 14.9. The number of nitrogens with one attached hydrogen (secondary N) is 2. The first-order valence-electron chi connectivity index (χ1n) is 8.68. The molecule has 1 aliphatic heterocycles. The number of fused-ring (bicyclic) bond motifs is 1. The van der Waals surface area contributed by atoms with Crippen LogP contribution in [0.1, 0.15) is 11.1 Å². The molecule has 0 unspecified atom stereocenters. The molecule has 6 nitrogen and oxygen atoms in total. The number of hydrogen-bond acceptors (Lipinski definition) is 4. The van der Waals surface area contributed by atoms with Crippen molar-refractivity contribution in [3.05, 3.63) is 81.2 Å². The average molecular weight is 365 g/mol. The quantitative estimate of drug-likeness (QED) is 0.619. The molecule has 27 heavy (non-hydrogen) atoms.